The molecule has 0 unspecified atom stereocenters. The molecule has 0 spiro atoms. The number of amides is 1. The summed E-state index contributed by atoms with van der Waals surface area (Å²) in [6, 6.07) is 0. The third-order valence-electron chi connectivity index (χ3n) is 2.60. The summed E-state index contributed by atoms with van der Waals surface area (Å²) in [5.74, 6) is -0.650. The lowest BCUT2D eigenvalue weighted by atomic mass is 10.3. The van der Waals surface area contributed by atoms with Crippen LogP contribution in [0.4, 0.5) is 0 Å². The quantitative estimate of drug-likeness (QED) is 0.437. The molecule has 0 radical (unpaired) electrons. The highest BCUT2D eigenvalue weighted by molar-refractivity contribution is 5.78. The molecule has 0 aliphatic heterocycles. The predicted molar refractivity (Wildman–Crippen MR) is 77.6 cm³/mol. The van der Waals surface area contributed by atoms with Gasteiger partial charge in [0.1, 0.15) is 0 Å². The zero-order valence-corrected chi connectivity index (χ0v) is 13.1. The summed E-state index contributed by atoms with van der Waals surface area (Å²) in [7, 11) is 1.76. The Kier molecular flexibility index (Phi) is 11.2. The van der Waals surface area contributed by atoms with Crippen LogP contribution in [0.5, 0.6) is 0 Å². The summed E-state index contributed by atoms with van der Waals surface area (Å²) >= 11 is 0. The number of hydrogen-bond donors (Lipinski definition) is 1. The van der Waals surface area contributed by atoms with Crippen molar-refractivity contribution in [1.29, 1.82) is 0 Å². The van der Waals surface area contributed by atoms with Crippen LogP contribution in [0.15, 0.2) is 0 Å². The smallest absolute Gasteiger partial charge is 0.307 e. The molecular formula is C14H26N2O5. The molecule has 0 atom stereocenters. The molecule has 122 valence electrons. The Morgan fingerprint density at radius 1 is 1.00 bits per heavy atom. The van der Waals surface area contributed by atoms with E-state index in [0.717, 1.165) is 0 Å². The molecule has 1 amide bonds. The first-order valence-corrected chi connectivity index (χ1v) is 7.26. The lowest BCUT2D eigenvalue weighted by molar-refractivity contribution is -0.144. The highest BCUT2D eigenvalue weighted by Gasteiger charge is 2.09. The SMILES string of the molecule is CCOC(=O)CCCNC(=O)CN(C)CCC(=O)OCC. The van der Waals surface area contributed by atoms with Crippen LogP contribution in [0.25, 0.3) is 0 Å². The highest BCUT2D eigenvalue weighted by Crippen LogP contribution is 1.93. The minimum atomic E-state index is -0.265. The van der Waals surface area contributed by atoms with Crippen LogP contribution in [0.2, 0.25) is 0 Å². The number of ether oxygens (including phenoxy) is 2. The van der Waals surface area contributed by atoms with E-state index in [1.54, 1.807) is 25.8 Å². The first kappa shape index (κ1) is 19.4. The lowest BCUT2D eigenvalue weighted by Gasteiger charge is -2.15. The molecule has 0 aliphatic rings. The van der Waals surface area contributed by atoms with Gasteiger partial charge >= 0.3 is 11.9 Å². The van der Waals surface area contributed by atoms with Crippen LogP contribution in [0.1, 0.15) is 33.1 Å². The summed E-state index contributed by atoms with van der Waals surface area (Å²) in [5, 5.41) is 2.72. The summed E-state index contributed by atoms with van der Waals surface area (Å²) in [6.07, 6.45) is 1.12. The Balaban J connectivity index is 3.64. The normalized spacial score (nSPS) is 10.3. The van der Waals surface area contributed by atoms with Crippen molar-refractivity contribution in [2.45, 2.75) is 33.1 Å². The number of esters is 2. The first-order chi connectivity index (χ1) is 9.99. The van der Waals surface area contributed by atoms with Gasteiger partial charge in [0.2, 0.25) is 5.91 Å². The molecule has 0 saturated heterocycles. The summed E-state index contributed by atoms with van der Waals surface area (Å²) in [4.78, 5) is 35.6. The maximum absolute atomic E-state index is 11.6. The van der Waals surface area contributed by atoms with E-state index in [-0.39, 0.29) is 30.8 Å². The zero-order valence-electron chi connectivity index (χ0n) is 13.1. The van der Waals surface area contributed by atoms with Crippen molar-refractivity contribution in [3.63, 3.8) is 0 Å². The van der Waals surface area contributed by atoms with E-state index < -0.39 is 0 Å². The van der Waals surface area contributed by atoms with Crippen molar-refractivity contribution in [2.75, 3.05) is 39.9 Å². The van der Waals surface area contributed by atoms with Crippen molar-refractivity contribution in [2.24, 2.45) is 0 Å². The molecule has 0 aromatic rings. The van der Waals surface area contributed by atoms with Crippen LogP contribution >= 0.6 is 0 Å². The second kappa shape index (κ2) is 12.1. The van der Waals surface area contributed by atoms with Crippen molar-refractivity contribution in [1.82, 2.24) is 10.2 Å². The molecular weight excluding hydrogens is 276 g/mol. The van der Waals surface area contributed by atoms with Crippen LogP contribution < -0.4 is 5.32 Å². The van der Waals surface area contributed by atoms with Crippen molar-refractivity contribution in [3.05, 3.63) is 0 Å². The summed E-state index contributed by atoms with van der Waals surface area (Å²) < 4.78 is 9.59. The summed E-state index contributed by atoms with van der Waals surface area (Å²) in [5.41, 5.74) is 0. The molecule has 7 nitrogen and oxygen atoms in total. The standard InChI is InChI=1S/C14H26N2O5/c1-4-20-13(18)7-6-9-15-12(17)11-16(3)10-8-14(19)21-5-2/h4-11H2,1-3H3,(H,15,17). The Morgan fingerprint density at radius 2 is 1.57 bits per heavy atom. The predicted octanol–water partition coefficient (Wildman–Crippen LogP) is 0.331. The molecule has 0 aromatic heterocycles. The highest BCUT2D eigenvalue weighted by atomic mass is 16.5. The van der Waals surface area contributed by atoms with Crippen molar-refractivity contribution in [3.8, 4) is 0 Å². The van der Waals surface area contributed by atoms with Crippen LogP contribution in [-0.4, -0.2) is 62.6 Å². The van der Waals surface area contributed by atoms with Gasteiger partial charge in [-0.15, -0.1) is 0 Å². The van der Waals surface area contributed by atoms with Gasteiger partial charge in [-0.3, -0.25) is 19.3 Å². The molecule has 1 N–H and O–H groups in total. The number of nitrogens with one attached hydrogen (secondary N) is 1. The van der Waals surface area contributed by atoms with Gasteiger partial charge in [0.05, 0.1) is 26.2 Å². The monoisotopic (exact) mass is 302 g/mol. The minimum absolute atomic E-state index is 0.134. The van der Waals surface area contributed by atoms with Gasteiger partial charge < -0.3 is 14.8 Å². The van der Waals surface area contributed by atoms with Crippen LogP contribution in [0.3, 0.4) is 0 Å². The topological polar surface area (TPSA) is 84.9 Å². The van der Waals surface area contributed by atoms with Crippen molar-refractivity contribution >= 4 is 17.8 Å². The molecule has 0 saturated carbocycles. The minimum Gasteiger partial charge on any atom is -0.466 e. The van der Waals surface area contributed by atoms with Gasteiger partial charge in [0.25, 0.3) is 0 Å². The fourth-order valence-corrected chi connectivity index (χ4v) is 1.59. The van der Waals surface area contributed by atoms with E-state index in [9.17, 15) is 14.4 Å². The molecule has 0 fully saturated rings. The number of hydrogen-bond acceptors (Lipinski definition) is 6. The molecule has 0 aromatic carbocycles. The molecule has 0 bridgehead atoms. The van der Waals surface area contributed by atoms with Gasteiger partial charge in [0, 0.05) is 19.5 Å². The average molecular weight is 302 g/mol. The number of rotatable bonds is 11. The van der Waals surface area contributed by atoms with Crippen molar-refractivity contribution < 1.29 is 23.9 Å². The molecule has 7 heteroatoms. The molecule has 21 heavy (non-hydrogen) atoms. The number of carbonyl (C=O) groups is 3. The third-order valence-corrected chi connectivity index (χ3v) is 2.60. The molecule has 0 rings (SSSR count). The third kappa shape index (κ3) is 11.9. The van der Waals surface area contributed by atoms with Gasteiger partial charge in [-0.05, 0) is 27.3 Å². The number of nitrogens with zero attached hydrogens (tertiary/aromatic N) is 1. The van der Waals surface area contributed by atoms with Gasteiger partial charge in [-0.2, -0.15) is 0 Å². The number of likely N-dealkylation sites (N-methyl/N-ethyl adjacent to an activating group) is 1. The largest absolute Gasteiger partial charge is 0.466 e. The van der Waals surface area contributed by atoms with Gasteiger partial charge in [-0.1, -0.05) is 0 Å². The first-order valence-electron chi connectivity index (χ1n) is 7.26. The zero-order chi connectivity index (χ0) is 16.1. The number of carbonyl (C=O) groups excluding carboxylic acids is 3. The van der Waals surface area contributed by atoms with E-state index in [1.165, 1.54) is 0 Å². The van der Waals surface area contributed by atoms with Crippen LogP contribution in [-0.2, 0) is 23.9 Å². The Morgan fingerprint density at radius 3 is 2.14 bits per heavy atom. The average Bonchev–Trinajstić information content (AvgIpc) is 2.42. The van der Waals surface area contributed by atoms with E-state index in [4.69, 9.17) is 9.47 Å². The summed E-state index contributed by atoms with van der Waals surface area (Å²) in [6.45, 7) is 5.36. The Bertz CT molecular complexity index is 333. The van der Waals surface area contributed by atoms with E-state index >= 15 is 0 Å². The Labute approximate surface area is 126 Å². The van der Waals surface area contributed by atoms with Gasteiger partial charge in [-0.25, -0.2) is 0 Å². The molecule has 0 aliphatic carbocycles. The van der Waals surface area contributed by atoms with E-state index in [1.807, 2.05) is 0 Å². The Hall–Kier alpha value is -1.63. The second-order valence-electron chi connectivity index (χ2n) is 4.55. The fourth-order valence-electron chi connectivity index (χ4n) is 1.59. The lowest BCUT2D eigenvalue weighted by Crippen LogP contribution is -2.36. The second-order valence-corrected chi connectivity index (χ2v) is 4.55. The molecule has 0 heterocycles. The van der Waals surface area contributed by atoms with Gasteiger partial charge in [0.15, 0.2) is 0 Å². The maximum Gasteiger partial charge on any atom is 0.307 e. The van der Waals surface area contributed by atoms with E-state index in [2.05, 4.69) is 5.32 Å². The van der Waals surface area contributed by atoms with Crippen LogP contribution in [0, 0.1) is 0 Å². The maximum atomic E-state index is 11.6. The fraction of sp³-hybridized carbons (Fsp3) is 0.786. The van der Waals surface area contributed by atoms with E-state index in [0.29, 0.717) is 39.1 Å².